The molecular formula is C27H52N4O10. The lowest BCUT2D eigenvalue weighted by molar-refractivity contribution is -0.131. The molecule has 3 amide bonds. The molecule has 14 heteroatoms. The van der Waals surface area contributed by atoms with Crippen molar-refractivity contribution < 1.29 is 47.6 Å². The van der Waals surface area contributed by atoms with Gasteiger partial charge in [0.15, 0.2) is 5.78 Å². The summed E-state index contributed by atoms with van der Waals surface area (Å²) < 4.78 is 31.8. The summed E-state index contributed by atoms with van der Waals surface area (Å²) in [4.78, 5) is 46.7. The zero-order valence-electron chi connectivity index (χ0n) is 25.1. The molecule has 0 unspecified atom stereocenters. The lowest BCUT2D eigenvalue weighted by Crippen LogP contribution is -2.32. The fourth-order valence-electron chi connectivity index (χ4n) is 2.78. The zero-order chi connectivity index (χ0) is 30.6. The maximum atomic E-state index is 11.7. The predicted molar refractivity (Wildman–Crippen MR) is 151 cm³/mol. The third-order valence-electron chi connectivity index (χ3n) is 5.22. The summed E-state index contributed by atoms with van der Waals surface area (Å²) in [6.07, 6.45) is 2.08. The summed E-state index contributed by atoms with van der Waals surface area (Å²) in [6.45, 7) is 9.85. The lowest BCUT2D eigenvalue weighted by atomic mass is 9.91. The van der Waals surface area contributed by atoms with Crippen molar-refractivity contribution in [3.63, 3.8) is 0 Å². The average Bonchev–Trinajstić information content (AvgIpc) is 2.92. The van der Waals surface area contributed by atoms with Crippen LogP contribution in [0.4, 0.5) is 0 Å². The molecule has 240 valence electrons. The summed E-state index contributed by atoms with van der Waals surface area (Å²) in [6, 6.07) is 0. The van der Waals surface area contributed by atoms with Gasteiger partial charge in [0.1, 0.15) is 19.8 Å². The smallest absolute Gasteiger partial charge is 0.246 e. The van der Waals surface area contributed by atoms with E-state index in [4.69, 9.17) is 34.2 Å². The highest BCUT2D eigenvalue weighted by atomic mass is 16.5. The molecule has 0 aliphatic rings. The van der Waals surface area contributed by atoms with Gasteiger partial charge in [0.2, 0.25) is 17.7 Å². The minimum atomic E-state index is -0.417. The first-order valence-corrected chi connectivity index (χ1v) is 14.2. The van der Waals surface area contributed by atoms with Gasteiger partial charge >= 0.3 is 0 Å². The van der Waals surface area contributed by atoms with E-state index in [1.54, 1.807) is 0 Å². The van der Waals surface area contributed by atoms with E-state index in [0.717, 1.165) is 12.8 Å². The second-order valence-corrected chi connectivity index (χ2v) is 9.96. The van der Waals surface area contributed by atoms with Crippen LogP contribution in [0.2, 0.25) is 0 Å². The van der Waals surface area contributed by atoms with Crippen LogP contribution in [0.5, 0.6) is 0 Å². The van der Waals surface area contributed by atoms with E-state index in [1.165, 1.54) is 0 Å². The second kappa shape index (κ2) is 26.7. The van der Waals surface area contributed by atoms with Crippen LogP contribution in [-0.4, -0.2) is 129 Å². The van der Waals surface area contributed by atoms with E-state index >= 15 is 0 Å². The summed E-state index contributed by atoms with van der Waals surface area (Å²) >= 11 is 0. The van der Waals surface area contributed by atoms with Crippen molar-refractivity contribution in [3.8, 4) is 0 Å². The molecule has 0 aliphatic heterocycles. The van der Waals surface area contributed by atoms with Gasteiger partial charge in [-0.1, -0.05) is 20.8 Å². The van der Waals surface area contributed by atoms with Gasteiger partial charge in [-0.3, -0.25) is 19.2 Å². The fourth-order valence-corrected chi connectivity index (χ4v) is 2.78. The Morgan fingerprint density at radius 2 is 0.927 bits per heavy atom. The molecule has 0 rings (SSSR count). The molecule has 0 aliphatic carbocycles. The second-order valence-electron chi connectivity index (χ2n) is 9.96. The van der Waals surface area contributed by atoms with Crippen LogP contribution in [0, 0.1) is 5.41 Å². The molecular weight excluding hydrogens is 540 g/mol. The molecule has 0 saturated carbocycles. The Labute approximate surface area is 244 Å². The van der Waals surface area contributed by atoms with Gasteiger partial charge in [-0.05, 0) is 19.4 Å². The number of nitrogens with two attached hydrogens (primary N) is 1. The van der Waals surface area contributed by atoms with Crippen molar-refractivity contribution in [1.82, 2.24) is 16.0 Å². The zero-order valence-corrected chi connectivity index (χ0v) is 25.1. The van der Waals surface area contributed by atoms with Gasteiger partial charge in [0, 0.05) is 31.5 Å². The van der Waals surface area contributed by atoms with Crippen LogP contribution in [-0.2, 0) is 47.6 Å². The molecule has 0 aromatic heterocycles. The Morgan fingerprint density at radius 1 is 0.537 bits per heavy atom. The minimum absolute atomic E-state index is 0.0152. The Kier molecular flexibility index (Phi) is 25.3. The molecule has 14 nitrogen and oxygen atoms in total. The molecule has 0 aromatic rings. The normalized spacial score (nSPS) is 11.3. The monoisotopic (exact) mass is 592 g/mol. The first-order valence-electron chi connectivity index (χ1n) is 14.2. The highest BCUT2D eigenvalue weighted by Gasteiger charge is 2.20. The number of carbonyl (C=O) groups is 4. The standard InChI is InChI=1S/C27H52N4O10/c1-27(2,3)23(32)20-39-17-14-37-12-9-30-25(34)22-41-19-16-38-13-10-31-26(35)21-40-18-15-36-11-8-29-24(33)6-4-5-7-28/h4-22,28H2,1-3H3,(H,29,33)(H,30,34)(H,31,35). The van der Waals surface area contributed by atoms with E-state index in [1.807, 2.05) is 20.8 Å². The van der Waals surface area contributed by atoms with Crippen LogP contribution in [0.15, 0.2) is 0 Å². The fraction of sp³-hybridized carbons (Fsp3) is 0.852. The Balaban J connectivity index is 3.37. The van der Waals surface area contributed by atoms with E-state index in [0.29, 0.717) is 72.2 Å². The van der Waals surface area contributed by atoms with Crippen molar-refractivity contribution in [2.45, 2.75) is 40.0 Å². The number of nitrogens with one attached hydrogen (secondary N) is 3. The van der Waals surface area contributed by atoms with Crippen molar-refractivity contribution in [1.29, 1.82) is 0 Å². The van der Waals surface area contributed by atoms with Gasteiger partial charge in [-0.15, -0.1) is 0 Å². The summed E-state index contributed by atoms with van der Waals surface area (Å²) in [5, 5.41) is 8.10. The van der Waals surface area contributed by atoms with Gasteiger partial charge in [0.25, 0.3) is 0 Å². The number of hydrogen-bond acceptors (Lipinski definition) is 11. The van der Waals surface area contributed by atoms with E-state index < -0.39 is 5.41 Å². The van der Waals surface area contributed by atoms with Crippen LogP contribution >= 0.6 is 0 Å². The van der Waals surface area contributed by atoms with Gasteiger partial charge in [0.05, 0.1) is 59.5 Å². The number of carbonyl (C=O) groups excluding carboxylic acids is 4. The molecule has 0 spiro atoms. The molecule has 0 radical (unpaired) electrons. The van der Waals surface area contributed by atoms with Crippen LogP contribution in [0.3, 0.4) is 0 Å². The van der Waals surface area contributed by atoms with Crippen LogP contribution in [0.25, 0.3) is 0 Å². The number of amides is 3. The topological polar surface area (TPSA) is 186 Å². The molecule has 0 bridgehead atoms. The quantitative estimate of drug-likeness (QED) is 0.0832. The van der Waals surface area contributed by atoms with Gasteiger partial charge < -0.3 is 50.1 Å². The van der Waals surface area contributed by atoms with Gasteiger partial charge in [-0.2, -0.15) is 0 Å². The van der Waals surface area contributed by atoms with E-state index in [-0.39, 0.29) is 63.1 Å². The first-order chi connectivity index (χ1) is 19.7. The maximum Gasteiger partial charge on any atom is 0.246 e. The maximum absolute atomic E-state index is 11.7. The number of hydrogen-bond donors (Lipinski definition) is 4. The Bertz CT molecular complexity index is 704. The Hall–Kier alpha value is -2.20. The molecule has 0 heterocycles. The molecule has 0 saturated heterocycles. The number of ether oxygens (including phenoxy) is 6. The summed E-state index contributed by atoms with van der Waals surface area (Å²) in [5.74, 6) is -0.510. The van der Waals surface area contributed by atoms with Crippen molar-refractivity contribution in [2.24, 2.45) is 11.1 Å². The third kappa shape index (κ3) is 27.7. The predicted octanol–water partition coefficient (Wildman–Crippen LogP) is -0.821. The van der Waals surface area contributed by atoms with Gasteiger partial charge in [-0.25, -0.2) is 0 Å². The SMILES string of the molecule is CC(C)(C)C(=O)COCCOCCNC(=O)COCCOCCNC(=O)COCCOCCNC(=O)CCCCN. The summed E-state index contributed by atoms with van der Waals surface area (Å²) in [5.41, 5.74) is 4.97. The van der Waals surface area contributed by atoms with Crippen LogP contribution in [0.1, 0.15) is 40.0 Å². The number of Topliss-reactive ketones (excluding diaryl/α,β-unsaturated/α-hetero) is 1. The number of ketones is 1. The molecule has 41 heavy (non-hydrogen) atoms. The number of unbranched alkanes of at least 4 members (excludes halogenated alkanes) is 1. The third-order valence-corrected chi connectivity index (χ3v) is 5.22. The largest absolute Gasteiger partial charge is 0.377 e. The molecule has 0 atom stereocenters. The Morgan fingerprint density at radius 3 is 1.34 bits per heavy atom. The first kappa shape index (κ1) is 38.8. The molecule has 0 fully saturated rings. The van der Waals surface area contributed by atoms with E-state index in [2.05, 4.69) is 16.0 Å². The molecule has 0 aromatic carbocycles. The highest BCUT2D eigenvalue weighted by molar-refractivity contribution is 5.84. The lowest BCUT2D eigenvalue weighted by Gasteiger charge is -2.16. The highest BCUT2D eigenvalue weighted by Crippen LogP contribution is 2.14. The van der Waals surface area contributed by atoms with Crippen LogP contribution < -0.4 is 21.7 Å². The van der Waals surface area contributed by atoms with Crippen molar-refractivity contribution in [3.05, 3.63) is 0 Å². The van der Waals surface area contributed by atoms with Crippen molar-refractivity contribution in [2.75, 3.05) is 105 Å². The summed E-state index contributed by atoms with van der Waals surface area (Å²) in [7, 11) is 0. The average molecular weight is 593 g/mol. The minimum Gasteiger partial charge on any atom is -0.377 e. The van der Waals surface area contributed by atoms with E-state index in [9.17, 15) is 19.2 Å². The number of rotatable bonds is 28. The molecule has 5 N–H and O–H groups in total. The van der Waals surface area contributed by atoms with Crippen molar-refractivity contribution >= 4 is 23.5 Å².